The fourth-order valence-electron chi connectivity index (χ4n) is 5.77. The lowest BCUT2D eigenvalue weighted by atomic mass is 9.77. The highest BCUT2D eigenvalue weighted by molar-refractivity contribution is 6.08. The molecule has 1 amide bonds. The summed E-state index contributed by atoms with van der Waals surface area (Å²) in [6.07, 6.45) is 5.11. The minimum atomic E-state index is -0.205. The van der Waals surface area contributed by atoms with Crippen LogP contribution in [0.15, 0.2) is 102 Å². The number of hydrogen-bond donors (Lipinski definition) is 0. The number of methoxy groups -OCH3 is 2. The molecule has 6 nitrogen and oxygen atoms in total. The van der Waals surface area contributed by atoms with E-state index in [1.54, 1.807) is 19.2 Å². The maximum absolute atomic E-state index is 13.8. The van der Waals surface area contributed by atoms with E-state index in [2.05, 4.69) is 6.08 Å². The number of ether oxygens (including phenoxy) is 3. The molecule has 0 aromatic heterocycles. The monoisotopic (exact) mass is 532 g/mol. The minimum Gasteiger partial charge on any atom is -0.497 e. The standard InChI is InChI=1S/C34H32N2O4/c1-38-27-17-13-23(14-18-27)21-26-9-5-11-30-33(26)35-36(34(30)25-15-19-28(39-2)20-16-25)32(37)22-40-31-12-6-8-24-7-3-4-10-29(24)31/h3-4,6-8,10,12-21,30,34H,5,9,11,22H2,1-2H3/b26-21+/t30-,34+/m1/s1. The molecule has 6 rings (SSSR count). The van der Waals surface area contributed by atoms with Crippen LogP contribution in [0.1, 0.15) is 36.4 Å². The van der Waals surface area contributed by atoms with E-state index < -0.39 is 0 Å². The third kappa shape index (κ3) is 5.05. The van der Waals surface area contributed by atoms with Crippen LogP contribution in [0.25, 0.3) is 16.8 Å². The van der Waals surface area contributed by atoms with Crippen LogP contribution in [-0.4, -0.2) is 37.5 Å². The van der Waals surface area contributed by atoms with Gasteiger partial charge < -0.3 is 14.2 Å². The summed E-state index contributed by atoms with van der Waals surface area (Å²) in [5, 5.41) is 8.70. The van der Waals surface area contributed by atoms with Gasteiger partial charge in [-0.1, -0.05) is 60.7 Å². The van der Waals surface area contributed by atoms with E-state index in [0.717, 1.165) is 58.4 Å². The predicted octanol–water partition coefficient (Wildman–Crippen LogP) is 7.06. The highest BCUT2D eigenvalue weighted by Gasteiger charge is 2.43. The molecule has 0 N–H and O–H groups in total. The van der Waals surface area contributed by atoms with Gasteiger partial charge in [-0.15, -0.1) is 0 Å². The van der Waals surface area contributed by atoms with Crippen molar-refractivity contribution in [1.29, 1.82) is 0 Å². The molecule has 6 heteroatoms. The van der Waals surface area contributed by atoms with Crippen LogP contribution >= 0.6 is 0 Å². The van der Waals surface area contributed by atoms with Gasteiger partial charge in [0, 0.05) is 11.3 Å². The maximum Gasteiger partial charge on any atom is 0.281 e. The zero-order valence-corrected chi connectivity index (χ0v) is 22.7. The molecule has 1 saturated carbocycles. The lowest BCUT2D eigenvalue weighted by Crippen LogP contribution is -2.34. The van der Waals surface area contributed by atoms with Crippen molar-refractivity contribution in [2.75, 3.05) is 20.8 Å². The molecule has 2 atom stereocenters. The van der Waals surface area contributed by atoms with Crippen LogP contribution in [0.2, 0.25) is 0 Å². The van der Waals surface area contributed by atoms with E-state index in [-0.39, 0.29) is 24.5 Å². The van der Waals surface area contributed by atoms with Crippen molar-refractivity contribution in [2.24, 2.45) is 11.0 Å². The average Bonchev–Trinajstić information content (AvgIpc) is 3.41. The Morgan fingerprint density at radius 3 is 2.35 bits per heavy atom. The van der Waals surface area contributed by atoms with Gasteiger partial charge in [0.05, 0.1) is 26.0 Å². The van der Waals surface area contributed by atoms with Crippen molar-refractivity contribution >= 4 is 28.5 Å². The van der Waals surface area contributed by atoms with E-state index in [0.29, 0.717) is 5.75 Å². The first-order valence-electron chi connectivity index (χ1n) is 13.6. The Morgan fingerprint density at radius 2 is 1.60 bits per heavy atom. The lowest BCUT2D eigenvalue weighted by Gasteiger charge is -2.29. The molecular formula is C34H32N2O4. The van der Waals surface area contributed by atoms with Gasteiger partial charge >= 0.3 is 0 Å². The predicted molar refractivity (Wildman–Crippen MR) is 158 cm³/mol. The van der Waals surface area contributed by atoms with Gasteiger partial charge in [-0.2, -0.15) is 5.10 Å². The zero-order chi connectivity index (χ0) is 27.5. The largest absolute Gasteiger partial charge is 0.497 e. The number of fused-ring (bicyclic) bond motifs is 2. The first-order valence-corrected chi connectivity index (χ1v) is 13.6. The van der Waals surface area contributed by atoms with Crippen LogP contribution in [0.5, 0.6) is 17.2 Å². The number of carbonyl (C=O) groups excluding carboxylic acids is 1. The van der Waals surface area contributed by atoms with Crippen LogP contribution in [0.3, 0.4) is 0 Å². The summed E-state index contributed by atoms with van der Waals surface area (Å²) in [5.74, 6) is 2.23. The number of benzene rings is 4. The molecular weight excluding hydrogens is 500 g/mol. The molecule has 1 aliphatic heterocycles. The molecule has 1 heterocycles. The van der Waals surface area contributed by atoms with Crippen molar-refractivity contribution in [1.82, 2.24) is 5.01 Å². The van der Waals surface area contributed by atoms with Gasteiger partial charge in [0.1, 0.15) is 17.2 Å². The summed E-state index contributed by atoms with van der Waals surface area (Å²) in [7, 11) is 3.32. The number of hydrogen-bond acceptors (Lipinski definition) is 5. The second-order valence-corrected chi connectivity index (χ2v) is 10.1. The Kier molecular flexibility index (Phi) is 7.23. The highest BCUT2D eigenvalue weighted by atomic mass is 16.5. The van der Waals surface area contributed by atoms with Crippen molar-refractivity contribution in [3.63, 3.8) is 0 Å². The summed E-state index contributed by atoms with van der Waals surface area (Å²) < 4.78 is 16.8. The van der Waals surface area contributed by atoms with Crippen LogP contribution in [0.4, 0.5) is 0 Å². The third-order valence-electron chi connectivity index (χ3n) is 7.77. The minimum absolute atomic E-state index is 0.0955. The molecule has 0 spiro atoms. The molecule has 0 unspecified atom stereocenters. The Bertz CT molecular complexity index is 1570. The number of carbonyl (C=O) groups is 1. The van der Waals surface area contributed by atoms with E-state index >= 15 is 0 Å². The molecule has 1 aliphatic carbocycles. The van der Waals surface area contributed by atoms with Crippen molar-refractivity contribution < 1.29 is 19.0 Å². The first kappa shape index (κ1) is 25.7. The summed E-state index contributed by atoms with van der Waals surface area (Å²) >= 11 is 0. The second kappa shape index (κ2) is 11.3. The maximum atomic E-state index is 13.8. The second-order valence-electron chi connectivity index (χ2n) is 10.1. The molecule has 0 saturated heterocycles. The fourth-order valence-corrected chi connectivity index (χ4v) is 5.77. The molecule has 0 radical (unpaired) electrons. The molecule has 202 valence electrons. The van der Waals surface area contributed by atoms with E-state index in [4.69, 9.17) is 19.3 Å². The van der Waals surface area contributed by atoms with Crippen molar-refractivity contribution in [3.8, 4) is 17.2 Å². The van der Waals surface area contributed by atoms with E-state index in [9.17, 15) is 4.79 Å². The van der Waals surface area contributed by atoms with Crippen LogP contribution in [0, 0.1) is 5.92 Å². The van der Waals surface area contributed by atoms with Gasteiger partial charge in [0.25, 0.3) is 5.91 Å². The summed E-state index contributed by atoms with van der Waals surface area (Å²) in [4.78, 5) is 13.8. The Morgan fingerprint density at radius 1 is 0.900 bits per heavy atom. The van der Waals surface area contributed by atoms with E-state index in [1.807, 2.05) is 91.0 Å². The molecule has 2 aliphatic rings. The van der Waals surface area contributed by atoms with Gasteiger partial charge in [-0.3, -0.25) is 4.79 Å². The smallest absolute Gasteiger partial charge is 0.281 e. The number of amides is 1. The van der Waals surface area contributed by atoms with Crippen LogP contribution in [-0.2, 0) is 4.79 Å². The molecule has 4 aromatic rings. The molecule has 4 aromatic carbocycles. The van der Waals surface area contributed by atoms with E-state index in [1.165, 1.54) is 5.57 Å². The van der Waals surface area contributed by atoms with Gasteiger partial charge in [-0.05, 0) is 77.8 Å². The Hall–Kier alpha value is -4.58. The number of hydrazone groups is 1. The third-order valence-corrected chi connectivity index (χ3v) is 7.77. The summed E-state index contributed by atoms with van der Waals surface area (Å²) in [6.45, 7) is -0.0955. The lowest BCUT2D eigenvalue weighted by molar-refractivity contribution is -0.135. The molecule has 1 fully saturated rings. The van der Waals surface area contributed by atoms with Gasteiger partial charge in [0.15, 0.2) is 6.61 Å². The Labute approximate surface area is 234 Å². The number of nitrogens with zero attached hydrogens (tertiary/aromatic N) is 2. The SMILES string of the molecule is COc1ccc(/C=C2\CCC[C@@H]3C2=NN(C(=O)COc2cccc4ccccc24)[C@H]3c2ccc(OC)cc2)cc1. The Balaban J connectivity index is 1.32. The summed E-state index contributed by atoms with van der Waals surface area (Å²) in [6, 6.07) is 29.7. The topological polar surface area (TPSA) is 60.4 Å². The highest BCUT2D eigenvalue weighted by Crippen LogP contribution is 2.44. The van der Waals surface area contributed by atoms with Crippen molar-refractivity contribution in [2.45, 2.75) is 25.3 Å². The van der Waals surface area contributed by atoms with Crippen LogP contribution < -0.4 is 14.2 Å². The number of rotatable bonds is 7. The first-order chi connectivity index (χ1) is 19.6. The van der Waals surface area contributed by atoms with Gasteiger partial charge in [-0.25, -0.2) is 5.01 Å². The molecule has 40 heavy (non-hydrogen) atoms. The van der Waals surface area contributed by atoms with Crippen molar-refractivity contribution in [3.05, 3.63) is 108 Å². The normalized spacial score (nSPS) is 19.3. The fraction of sp³-hybridized carbons (Fsp3) is 0.235. The zero-order valence-electron chi connectivity index (χ0n) is 22.7. The quantitative estimate of drug-likeness (QED) is 0.256. The summed E-state index contributed by atoms with van der Waals surface area (Å²) in [5.41, 5.74) is 4.28. The number of allylic oxidation sites excluding steroid dienone is 1. The average molecular weight is 533 g/mol. The van der Waals surface area contributed by atoms with Gasteiger partial charge in [0.2, 0.25) is 0 Å². The molecule has 0 bridgehead atoms.